The zero-order valence-electron chi connectivity index (χ0n) is 23.8. The molecule has 2 heterocycles. The highest BCUT2D eigenvalue weighted by molar-refractivity contribution is 5.91. The molecule has 0 unspecified atom stereocenters. The molecule has 1 amide bonds. The quantitative estimate of drug-likeness (QED) is 0.394. The van der Waals surface area contributed by atoms with Gasteiger partial charge in [0.1, 0.15) is 19.4 Å². The smallest absolute Gasteiger partial charge is 0.311 e. The van der Waals surface area contributed by atoms with Gasteiger partial charge in [0.2, 0.25) is 11.9 Å². The minimum absolute atomic E-state index is 0.00508. The molecule has 3 atom stereocenters. The van der Waals surface area contributed by atoms with E-state index < -0.39 is 59.2 Å². The number of rotatable bonds is 7. The number of anilines is 1. The van der Waals surface area contributed by atoms with E-state index >= 15 is 4.39 Å². The maximum absolute atomic E-state index is 15.0. The highest BCUT2D eigenvalue weighted by Gasteiger charge is 2.55. The Labute approximate surface area is 226 Å². The van der Waals surface area contributed by atoms with Gasteiger partial charge in [-0.2, -0.15) is 4.98 Å². The van der Waals surface area contributed by atoms with E-state index in [-0.39, 0.29) is 35.4 Å². The number of nitrogens with zero attached hydrogens (tertiary/aromatic N) is 3. The molecule has 12 heteroatoms. The van der Waals surface area contributed by atoms with Crippen LogP contribution >= 0.6 is 0 Å². The van der Waals surface area contributed by atoms with Gasteiger partial charge in [0.15, 0.2) is 11.2 Å². The number of alkyl halides is 1. The lowest BCUT2D eigenvalue weighted by Gasteiger charge is -2.35. The summed E-state index contributed by atoms with van der Waals surface area (Å²) in [6.07, 6.45) is 0.416. The van der Waals surface area contributed by atoms with Gasteiger partial charge in [0, 0.05) is 12.3 Å². The number of hydrogen-bond donors (Lipinski definition) is 2. The van der Waals surface area contributed by atoms with Crippen molar-refractivity contribution in [3.63, 3.8) is 0 Å². The second-order valence-corrected chi connectivity index (χ2v) is 12.4. The highest BCUT2D eigenvalue weighted by atomic mass is 19.1. The Morgan fingerprint density at radius 1 is 1.21 bits per heavy atom. The molecule has 11 nitrogen and oxygen atoms in total. The summed E-state index contributed by atoms with van der Waals surface area (Å²) >= 11 is 0. The van der Waals surface area contributed by atoms with Gasteiger partial charge in [-0.3, -0.25) is 29.5 Å². The van der Waals surface area contributed by atoms with E-state index in [1.54, 1.807) is 60.0 Å². The molecule has 214 valence electrons. The number of H-pyrrole nitrogens is 1. The van der Waals surface area contributed by atoms with Gasteiger partial charge in [-0.05, 0) is 47.1 Å². The number of fused-ring (bicyclic) bond motifs is 1. The number of ether oxygens (including phenoxy) is 2. The SMILES string of the molecule is C=C1[C@@H](n2cnc3c(=O)[nH]c(NC(=O)C(C)C)nc32)C[C@H](OC(=O)C(C)(C)C)[C@@]1(CF)COC(=O)C(C)(C)C. The lowest BCUT2D eigenvalue weighted by atomic mass is 9.82. The van der Waals surface area contributed by atoms with E-state index in [1.165, 1.54) is 6.33 Å². The van der Waals surface area contributed by atoms with Crippen LogP contribution in [0.3, 0.4) is 0 Å². The lowest BCUT2D eigenvalue weighted by Crippen LogP contribution is -2.44. The van der Waals surface area contributed by atoms with Crippen LogP contribution in [0.4, 0.5) is 10.3 Å². The van der Waals surface area contributed by atoms with Crippen LogP contribution in [0.1, 0.15) is 67.9 Å². The minimum atomic E-state index is -1.54. The van der Waals surface area contributed by atoms with Gasteiger partial charge in [0.05, 0.1) is 28.6 Å². The van der Waals surface area contributed by atoms with Crippen molar-refractivity contribution in [1.82, 2.24) is 19.5 Å². The summed E-state index contributed by atoms with van der Waals surface area (Å²) in [7, 11) is 0. The second kappa shape index (κ2) is 10.5. The number of aromatic nitrogens is 4. The van der Waals surface area contributed by atoms with Gasteiger partial charge < -0.3 is 14.0 Å². The second-order valence-electron chi connectivity index (χ2n) is 12.4. The average Bonchev–Trinajstić information content (AvgIpc) is 3.35. The average molecular weight is 548 g/mol. The number of imidazole rings is 1. The summed E-state index contributed by atoms with van der Waals surface area (Å²) in [6, 6.07) is -0.709. The number of esters is 2. The van der Waals surface area contributed by atoms with Crippen molar-refractivity contribution in [2.75, 3.05) is 18.6 Å². The predicted molar refractivity (Wildman–Crippen MR) is 143 cm³/mol. The van der Waals surface area contributed by atoms with E-state index in [9.17, 15) is 19.2 Å². The first kappa shape index (κ1) is 30.0. The fourth-order valence-corrected chi connectivity index (χ4v) is 4.14. The fourth-order valence-electron chi connectivity index (χ4n) is 4.14. The molecule has 0 aliphatic heterocycles. The zero-order valence-corrected chi connectivity index (χ0v) is 23.8. The lowest BCUT2D eigenvalue weighted by molar-refractivity contribution is -0.170. The summed E-state index contributed by atoms with van der Waals surface area (Å²) < 4.78 is 27.9. The van der Waals surface area contributed by atoms with Crippen molar-refractivity contribution >= 4 is 35.0 Å². The Morgan fingerprint density at radius 2 is 1.82 bits per heavy atom. The van der Waals surface area contributed by atoms with Gasteiger partial charge in [-0.25, -0.2) is 9.37 Å². The van der Waals surface area contributed by atoms with Crippen molar-refractivity contribution < 1.29 is 28.2 Å². The molecule has 0 aromatic carbocycles. The van der Waals surface area contributed by atoms with Gasteiger partial charge in [-0.1, -0.05) is 20.4 Å². The topological polar surface area (TPSA) is 145 Å². The molecule has 0 saturated heterocycles. The molecule has 0 radical (unpaired) electrons. The Hall–Kier alpha value is -3.57. The summed E-state index contributed by atoms with van der Waals surface area (Å²) in [5.41, 5.74) is -3.39. The van der Waals surface area contributed by atoms with Crippen LogP contribution in [0, 0.1) is 22.2 Å². The van der Waals surface area contributed by atoms with E-state index in [2.05, 4.69) is 26.8 Å². The first-order chi connectivity index (χ1) is 17.9. The molecule has 3 rings (SSSR count). The number of nitrogens with one attached hydrogen (secondary N) is 2. The number of halogens is 1. The van der Waals surface area contributed by atoms with Gasteiger partial charge in [0.25, 0.3) is 5.56 Å². The Kier molecular flexibility index (Phi) is 8.10. The maximum atomic E-state index is 15.0. The number of hydrogen-bond acceptors (Lipinski definition) is 8. The fraction of sp³-hybridized carbons (Fsp3) is 0.630. The monoisotopic (exact) mass is 547 g/mol. The molecular formula is C27H38FN5O6. The third-order valence-electron chi connectivity index (χ3n) is 6.80. The van der Waals surface area contributed by atoms with Crippen molar-refractivity contribution in [2.45, 2.75) is 74.0 Å². The van der Waals surface area contributed by atoms with E-state index in [0.29, 0.717) is 5.57 Å². The number of aromatic amines is 1. The third kappa shape index (κ3) is 5.89. The molecular weight excluding hydrogens is 509 g/mol. The van der Waals surface area contributed by atoms with Crippen molar-refractivity contribution in [3.05, 3.63) is 28.8 Å². The molecule has 1 fully saturated rings. The Balaban J connectivity index is 2.08. The molecule has 1 aliphatic carbocycles. The standard InChI is InChI=1S/C27H38FN5O6/c1-14(2)20(34)31-24-30-19-18(21(35)32-24)29-13-33(19)16-10-17(39-23(37)26(7,8)9)27(11-28,15(16)3)12-38-22(36)25(4,5)6/h13-14,16-17H,3,10-12H2,1-2,4-9H3,(H2,30,31,32,34,35)/t16-,17-,27-/m0/s1. The summed E-state index contributed by atoms with van der Waals surface area (Å²) in [4.78, 5) is 61.4. The third-order valence-corrected chi connectivity index (χ3v) is 6.80. The van der Waals surface area contributed by atoms with Crippen LogP contribution in [0.2, 0.25) is 0 Å². The molecule has 1 aliphatic rings. The molecule has 2 N–H and O–H groups in total. The summed E-state index contributed by atoms with van der Waals surface area (Å²) in [5, 5.41) is 2.56. The van der Waals surface area contributed by atoms with Crippen LogP contribution in [-0.4, -0.2) is 56.8 Å². The Morgan fingerprint density at radius 3 is 2.36 bits per heavy atom. The molecule has 39 heavy (non-hydrogen) atoms. The molecule has 2 aromatic heterocycles. The van der Waals surface area contributed by atoms with Crippen LogP contribution in [0.15, 0.2) is 23.3 Å². The van der Waals surface area contributed by atoms with Crippen molar-refractivity contribution in [1.29, 1.82) is 0 Å². The maximum Gasteiger partial charge on any atom is 0.311 e. The van der Waals surface area contributed by atoms with E-state index in [0.717, 1.165) is 0 Å². The van der Waals surface area contributed by atoms with Crippen LogP contribution in [0.25, 0.3) is 11.2 Å². The number of carbonyl (C=O) groups excluding carboxylic acids is 3. The molecule has 1 saturated carbocycles. The van der Waals surface area contributed by atoms with Crippen LogP contribution in [0.5, 0.6) is 0 Å². The largest absolute Gasteiger partial charge is 0.464 e. The summed E-state index contributed by atoms with van der Waals surface area (Å²) in [6.45, 7) is 16.2. The van der Waals surface area contributed by atoms with Gasteiger partial charge >= 0.3 is 11.9 Å². The van der Waals surface area contributed by atoms with E-state index in [1.807, 2.05) is 0 Å². The van der Waals surface area contributed by atoms with E-state index in [4.69, 9.17) is 9.47 Å². The normalized spacial score (nSPS) is 21.8. The number of carbonyl (C=O) groups is 3. The zero-order chi connectivity index (χ0) is 29.5. The molecule has 0 spiro atoms. The van der Waals surface area contributed by atoms with Crippen molar-refractivity contribution in [2.24, 2.45) is 22.2 Å². The number of amides is 1. The predicted octanol–water partition coefficient (Wildman–Crippen LogP) is 3.72. The first-order valence-electron chi connectivity index (χ1n) is 12.8. The summed E-state index contributed by atoms with van der Waals surface area (Å²) in [5.74, 6) is -1.86. The van der Waals surface area contributed by atoms with Crippen LogP contribution in [-0.2, 0) is 23.9 Å². The van der Waals surface area contributed by atoms with Crippen molar-refractivity contribution in [3.8, 4) is 0 Å². The highest BCUT2D eigenvalue weighted by Crippen LogP contribution is 2.51. The first-order valence-corrected chi connectivity index (χ1v) is 12.8. The molecule has 0 bridgehead atoms. The van der Waals surface area contributed by atoms with Crippen LogP contribution < -0.4 is 10.9 Å². The Bertz CT molecular complexity index is 1350. The minimum Gasteiger partial charge on any atom is -0.464 e. The van der Waals surface area contributed by atoms with Gasteiger partial charge in [-0.15, -0.1) is 0 Å². The molecule has 2 aromatic rings.